The van der Waals surface area contributed by atoms with E-state index in [1.165, 1.54) is 11.1 Å². The number of allylic oxidation sites excluding steroid dienone is 1. The molecule has 4 atom stereocenters. The Morgan fingerprint density at radius 3 is 2.67 bits per heavy atom. The summed E-state index contributed by atoms with van der Waals surface area (Å²) < 4.78 is 0. The van der Waals surface area contributed by atoms with Crippen molar-refractivity contribution in [2.24, 2.45) is 17.8 Å². The van der Waals surface area contributed by atoms with Crippen LogP contribution in [-0.4, -0.2) is 22.3 Å². The number of aliphatic carboxylic acids is 1. The van der Waals surface area contributed by atoms with Gasteiger partial charge in [0.1, 0.15) is 0 Å². The van der Waals surface area contributed by atoms with E-state index in [1.54, 1.807) is 6.92 Å². The molecular formula is C15H22O3. The van der Waals surface area contributed by atoms with Crippen molar-refractivity contribution in [2.75, 3.05) is 0 Å². The van der Waals surface area contributed by atoms with E-state index in [4.69, 9.17) is 5.11 Å². The molecule has 2 N–H and O–H groups in total. The molecule has 0 radical (unpaired) electrons. The van der Waals surface area contributed by atoms with Gasteiger partial charge in [0, 0.05) is 11.5 Å². The highest BCUT2D eigenvalue weighted by Gasteiger charge is 2.41. The highest BCUT2D eigenvalue weighted by Crippen LogP contribution is 2.48. The number of carboxylic acids is 1. The number of carbonyl (C=O) groups is 1. The maximum absolute atomic E-state index is 10.9. The lowest BCUT2D eigenvalue weighted by molar-refractivity contribution is -0.132. The first-order chi connectivity index (χ1) is 8.41. The first-order valence-corrected chi connectivity index (χ1v) is 6.71. The second-order valence-corrected chi connectivity index (χ2v) is 5.85. The fourth-order valence-electron chi connectivity index (χ4n) is 3.62. The zero-order valence-corrected chi connectivity index (χ0v) is 11.3. The van der Waals surface area contributed by atoms with Gasteiger partial charge in [-0.25, -0.2) is 4.79 Å². The van der Waals surface area contributed by atoms with E-state index in [0.29, 0.717) is 11.5 Å². The van der Waals surface area contributed by atoms with Crippen LogP contribution in [0.2, 0.25) is 0 Å². The van der Waals surface area contributed by atoms with Crippen LogP contribution < -0.4 is 0 Å². The second-order valence-electron chi connectivity index (χ2n) is 5.85. The fourth-order valence-corrected chi connectivity index (χ4v) is 3.62. The lowest BCUT2D eigenvalue weighted by atomic mass is 9.70. The molecule has 0 aromatic heterocycles. The zero-order chi connectivity index (χ0) is 13.4. The Morgan fingerprint density at radius 1 is 1.39 bits per heavy atom. The smallest absolute Gasteiger partial charge is 0.330 e. The normalized spacial score (nSPS) is 36.8. The van der Waals surface area contributed by atoms with Gasteiger partial charge in [0.25, 0.3) is 0 Å². The number of hydrogen-bond acceptors (Lipinski definition) is 2. The van der Waals surface area contributed by atoms with Gasteiger partial charge in [0.05, 0.1) is 6.10 Å². The Morgan fingerprint density at radius 2 is 2.06 bits per heavy atom. The SMILES string of the molecule is CC(=C[C@@H]1CCC(C)C2C1=C(C)CC2O)C(=O)O. The molecule has 3 heteroatoms. The summed E-state index contributed by atoms with van der Waals surface area (Å²) >= 11 is 0. The monoisotopic (exact) mass is 250 g/mol. The molecule has 100 valence electrons. The number of rotatable bonds is 2. The molecule has 0 heterocycles. The summed E-state index contributed by atoms with van der Waals surface area (Å²) in [4.78, 5) is 10.9. The molecular weight excluding hydrogens is 228 g/mol. The van der Waals surface area contributed by atoms with E-state index >= 15 is 0 Å². The Bertz CT molecular complexity index is 419. The molecule has 0 amide bonds. The molecule has 0 aromatic carbocycles. The molecule has 3 nitrogen and oxygen atoms in total. The summed E-state index contributed by atoms with van der Waals surface area (Å²) in [6, 6.07) is 0. The molecule has 18 heavy (non-hydrogen) atoms. The third-order valence-electron chi connectivity index (χ3n) is 4.52. The van der Waals surface area contributed by atoms with Gasteiger partial charge >= 0.3 is 5.97 Å². The second kappa shape index (κ2) is 4.88. The summed E-state index contributed by atoms with van der Waals surface area (Å²) in [5, 5.41) is 19.1. The van der Waals surface area contributed by atoms with Crippen molar-refractivity contribution in [3.63, 3.8) is 0 Å². The summed E-state index contributed by atoms with van der Waals surface area (Å²) in [6.07, 6.45) is 4.42. The molecule has 1 saturated carbocycles. The molecule has 2 rings (SSSR count). The molecule has 0 bridgehead atoms. The Hall–Kier alpha value is -1.09. The minimum Gasteiger partial charge on any atom is -0.478 e. The predicted molar refractivity (Wildman–Crippen MR) is 70.1 cm³/mol. The van der Waals surface area contributed by atoms with Crippen LogP contribution in [0.1, 0.15) is 40.0 Å². The van der Waals surface area contributed by atoms with Gasteiger partial charge < -0.3 is 10.2 Å². The van der Waals surface area contributed by atoms with Gasteiger partial charge in [-0.1, -0.05) is 24.1 Å². The first-order valence-electron chi connectivity index (χ1n) is 6.71. The molecule has 0 aromatic rings. The topological polar surface area (TPSA) is 57.5 Å². The van der Waals surface area contributed by atoms with Crippen molar-refractivity contribution in [3.05, 3.63) is 22.8 Å². The number of hydrogen-bond donors (Lipinski definition) is 2. The highest BCUT2D eigenvalue weighted by atomic mass is 16.4. The van der Waals surface area contributed by atoms with Crippen LogP contribution in [0, 0.1) is 17.8 Å². The third kappa shape index (κ3) is 2.24. The van der Waals surface area contributed by atoms with E-state index in [0.717, 1.165) is 19.3 Å². The summed E-state index contributed by atoms with van der Waals surface area (Å²) in [6.45, 7) is 5.92. The summed E-state index contributed by atoms with van der Waals surface area (Å²) in [5.41, 5.74) is 2.98. The molecule has 0 spiro atoms. The number of aliphatic hydroxyl groups is 1. The van der Waals surface area contributed by atoms with E-state index in [1.807, 2.05) is 6.08 Å². The number of carboxylic acid groups (broad SMARTS) is 1. The van der Waals surface area contributed by atoms with Gasteiger partial charge in [-0.05, 0) is 44.9 Å². The van der Waals surface area contributed by atoms with Crippen LogP contribution in [0.15, 0.2) is 22.8 Å². The highest BCUT2D eigenvalue weighted by molar-refractivity contribution is 5.85. The predicted octanol–water partition coefficient (Wildman–Crippen LogP) is 2.76. The first kappa shape index (κ1) is 13.3. The minimum atomic E-state index is -0.845. The van der Waals surface area contributed by atoms with E-state index in [2.05, 4.69) is 13.8 Å². The van der Waals surface area contributed by atoms with Crippen molar-refractivity contribution in [1.29, 1.82) is 0 Å². The molecule has 0 saturated heterocycles. The van der Waals surface area contributed by atoms with Crippen LogP contribution in [0.25, 0.3) is 0 Å². The van der Waals surface area contributed by atoms with Crippen LogP contribution in [0.4, 0.5) is 0 Å². The molecule has 1 fully saturated rings. The fraction of sp³-hybridized carbons (Fsp3) is 0.667. The molecule has 0 aliphatic heterocycles. The summed E-state index contributed by atoms with van der Waals surface area (Å²) in [5.74, 6) is 0.102. The Labute approximate surface area is 108 Å². The Kier molecular flexibility index (Phi) is 3.62. The molecule has 3 unspecified atom stereocenters. The van der Waals surface area contributed by atoms with Crippen molar-refractivity contribution in [3.8, 4) is 0 Å². The average molecular weight is 250 g/mol. The number of aliphatic hydroxyl groups excluding tert-OH is 1. The van der Waals surface area contributed by atoms with Gasteiger partial charge in [-0.2, -0.15) is 0 Å². The Balaban J connectivity index is 2.31. The van der Waals surface area contributed by atoms with Crippen LogP contribution >= 0.6 is 0 Å². The largest absolute Gasteiger partial charge is 0.478 e. The molecule has 2 aliphatic rings. The van der Waals surface area contributed by atoms with Crippen molar-refractivity contribution >= 4 is 5.97 Å². The zero-order valence-electron chi connectivity index (χ0n) is 11.3. The van der Waals surface area contributed by atoms with Gasteiger partial charge in [0.15, 0.2) is 0 Å². The standard InChI is InChI=1S/C15H22O3/c1-8-4-5-11(6-10(3)15(17)18)13-9(2)7-12(16)14(8)13/h6,8,11-12,14,16H,4-5,7H2,1-3H3,(H,17,18)/t8?,11-,12?,14?/m0/s1. The van der Waals surface area contributed by atoms with E-state index in [9.17, 15) is 9.90 Å². The van der Waals surface area contributed by atoms with Crippen LogP contribution in [-0.2, 0) is 4.79 Å². The third-order valence-corrected chi connectivity index (χ3v) is 4.52. The average Bonchev–Trinajstić information content (AvgIpc) is 2.59. The number of fused-ring (bicyclic) bond motifs is 1. The van der Waals surface area contributed by atoms with E-state index < -0.39 is 5.97 Å². The van der Waals surface area contributed by atoms with Gasteiger partial charge in [-0.15, -0.1) is 0 Å². The maximum atomic E-state index is 10.9. The van der Waals surface area contributed by atoms with Crippen molar-refractivity contribution < 1.29 is 15.0 Å². The maximum Gasteiger partial charge on any atom is 0.330 e. The van der Waals surface area contributed by atoms with Crippen LogP contribution in [0.3, 0.4) is 0 Å². The van der Waals surface area contributed by atoms with E-state index in [-0.39, 0.29) is 17.9 Å². The summed E-state index contributed by atoms with van der Waals surface area (Å²) in [7, 11) is 0. The van der Waals surface area contributed by atoms with Crippen LogP contribution in [0.5, 0.6) is 0 Å². The quantitative estimate of drug-likeness (QED) is 0.585. The lowest BCUT2D eigenvalue weighted by Gasteiger charge is -2.35. The lowest BCUT2D eigenvalue weighted by Crippen LogP contribution is -2.30. The minimum absolute atomic E-state index is 0.208. The van der Waals surface area contributed by atoms with Gasteiger partial charge in [0.2, 0.25) is 0 Å². The van der Waals surface area contributed by atoms with Crippen molar-refractivity contribution in [1.82, 2.24) is 0 Å². The molecule has 2 aliphatic carbocycles. The van der Waals surface area contributed by atoms with Gasteiger partial charge in [-0.3, -0.25) is 0 Å². The van der Waals surface area contributed by atoms with Crippen molar-refractivity contribution in [2.45, 2.75) is 46.1 Å².